The molecular weight excluding hydrogens is 510 g/mol. The smallest absolute Gasteiger partial charge is 0.162 e. The van der Waals surface area contributed by atoms with Crippen LogP contribution in [-0.4, -0.2) is 57.5 Å². The van der Waals surface area contributed by atoms with Crippen molar-refractivity contribution in [3.63, 3.8) is 0 Å². The molecule has 2 bridgehead atoms. The molecule has 204 valence electrons. The van der Waals surface area contributed by atoms with Crippen molar-refractivity contribution in [2.45, 2.75) is 31.9 Å². The Bertz CT molecular complexity index is 1720. The number of aromatic nitrogens is 5. The van der Waals surface area contributed by atoms with Crippen molar-refractivity contribution in [1.29, 1.82) is 0 Å². The zero-order valence-electron chi connectivity index (χ0n) is 22.4. The van der Waals surface area contributed by atoms with Gasteiger partial charge in [0.25, 0.3) is 0 Å². The summed E-state index contributed by atoms with van der Waals surface area (Å²) in [6.07, 6.45) is 7.17. The van der Waals surface area contributed by atoms with Crippen LogP contribution in [0.2, 0.25) is 0 Å². The van der Waals surface area contributed by atoms with Gasteiger partial charge < -0.3 is 29.6 Å². The van der Waals surface area contributed by atoms with E-state index in [9.17, 15) is 0 Å². The molecule has 7 rings (SSSR count). The maximum atomic E-state index is 6.50. The van der Waals surface area contributed by atoms with Gasteiger partial charge in [-0.1, -0.05) is 0 Å². The van der Waals surface area contributed by atoms with Crippen LogP contribution in [0, 0.1) is 12.8 Å². The van der Waals surface area contributed by atoms with Crippen molar-refractivity contribution in [2.24, 2.45) is 5.92 Å². The van der Waals surface area contributed by atoms with Crippen molar-refractivity contribution in [3.05, 3.63) is 60.8 Å². The van der Waals surface area contributed by atoms with Crippen LogP contribution in [0.1, 0.15) is 18.4 Å². The number of methoxy groups -OCH3 is 2. The number of nitrogens with zero attached hydrogens (tertiary/aromatic N) is 5. The number of rotatable bonds is 8. The van der Waals surface area contributed by atoms with E-state index in [1.807, 2.05) is 49.5 Å². The molecule has 11 nitrogen and oxygen atoms in total. The van der Waals surface area contributed by atoms with Gasteiger partial charge in [-0.2, -0.15) is 5.10 Å². The SMILES string of the molecule is COc1cc(Oc2ccn3ncnc3c2)c(C)cc1Nc1ncnc2cc(OC)c(OC3CC4CC3CN4)cc12. The van der Waals surface area contributed by atoms with Gasteiger partial charge in [0.15, 0.2) is 17.1 Å². The molecule has 3 aromatic heterocycles. The molecule has 4 heterocycles. The Morgan fingerprint density at radius 1 is 0.925 bits per heavy atom. The van der Waals surface area contributed by atoms with Crippen LogP contribution in [0.5, 0.6) is 28.7 Å². The number of hydrogen-bond donors (Lipinski definition) is 2. The highest BCUT2D eigenvalue weighted by Gasteiger charge is 2.41. The first-order valence-corrected chi connectivity index (χ1v) is 13.2. The molecule has 0 radical (unpaired) electrons. The number of hydrogen-bond acceptors (Lipinski definition) is 10. The Morgan fingerprint density at radius 3 is 2.62 bits per heavy atom. The van der Waals surface area contributed by atoms with E-state index >= 15 is 0 Å². The monoisotopic (exact) mass is 539 g/mol. The molecule has 1 saturated carbocycles. The van der Waals surface area contributed by atoms with Crippen molar-refractivity contribution < 1.29 is 18.9 Å². The summed E-state index contributed by atoms with van der Waals surface area (Å²) in [5.74, 6) is 4.43. The summed E-state index contributed by atoms with van der Waals surface area (Å²) < 4.78 is 25.8. The van der Waals surface area contributed by atoms with Crippen LogP contribution in [-0.2, 0) is 0 Å². The van der Waals surface area contributed by atoms with Gasteiger partial charge in [-0.15, -0.1) is 0 Å². The Hall–Kier alpha value is -4.64. The normalized spacial score (nSPS) is 19.7. The molecule has 2 aromatic carbocycles. The molecule has 3 unspecified atom stereocenters. The number of aryl methyl sites for hydroxylation is 1. The maximum Gasteiger partial charge on any atom is 0.162 e. The highest BCUT2D eigenvalue weighted by molar-refractivity contribution is 5.93. The Morgan fingerprint density at radius 2 is 1.82 bits per heavy atom. The molecule has 2 aliphatic rings. The number of pyridine rings is 1. The molecule has 1 saturated heterocycles. The predicted octanol–water partition coefficient (Wildman–Crippen LogP) is 4.66. The van der Waals surface area contributed by atoms with Gasteiger partial charge in [-0.05, 0) is 43.5 Å². The molecule has 11 heteroatoms. The summed E-state index contributed by atoms with van der Waals surface area (Å²) in [7, 11) is 3.28. The fourth-order valence-electron chi connectivity index (χ4n) is 5.67. The second-order valence-corrected chi connectivity index (χ2v) is 10.2. The first-order chi connectivity index (χ1) is 19.6. The standard InChI is InChI=1S/C29H29N7O4/c1-16-6-22(25(37-2)12-23(16)39-19-4-5-36-28(9-19)32-15-34-36)35-29-20-10-27(26(38-3)11-21(20)31-14-33-29)40-24-8-18-7-17(24)13-30-18/h4-6,9-12,14-15,17-18,24,30H,7-8,13H2,1-3H3,(H,31,33,35). The molecule has 2 fully saturated rings. The second-order valence-electron chi connectivity index (χ2n) is 10.2. The lowest BCUT2D eigenvalue weighted by Gasteiger charge is -2.25. The van der Waals surface area contributed by atoms with Crippen LogP contribution >= 0.6 is 0 Å². The Kier molecular flexibility index (Phi) is 6.00. The Balaban J connectivity index is 1.19. The average Bonchev–Trinajstić information content (AvgIpc) is 3.72. The Labute approximate surface area is 230 Å². The summed E-state index contributed by atoms with van der Waals surface area (Å²) in [5, 5.41) is 11.9. The molecule has 40 heavy (non-hydrogen) atoms. The highest BCUT2D eigenvalue weighted by Crippen LogP contribution is 2.41. The van der Waals surface area contributed by atoms with Crippen LogP contribution in [0.25, 0.3) is 16.6 Å². The molecule has 3 atom stereocenters. The minimum Gasteiger partial charge on any atom is -0.494 e. The number of piperidine rings is 1. The lowest BCUT2D eigenvalue weighted by atomic mass is 10.1. The van der Waals surface area contributed by atoms with Gasteiger partial charge in [0.1, 0.15) is 41.8 Å². The van der Waals surface area contributed by atoms with E-state index in [4.69, 9.17) is 18.9 Å². The summed E-state index contributed by atoms with van der Waals surface area (Å²) in [6.45, 7) is 2.98. The van der Waals surface area contributed by atoms with Crippen molar-refractivity contribution in [2.75, 3.05) is 26.1 Å². The molecule has 1 aliphatic carbocycles. The molecular formula is C29H29N7O4. The van der Waals surface area contributed by atoms with Gasteiger partial charge in [-0.3, -0.25) is 0 Å². The van der Waals surface area contributed by atoms with E-state index in [-0.39, 0.29) is 6.10 Å². The second kappa shape index (κ2) is 9.83. The topological polar surface area (TPSA) is 117 Å². The minimum atomic E-state index is 0.166. The van der Waals surface area contributed by atoms with Gasteiger partial charge >= 0.3 is 0 Å². The zero-order chi connectivity index (χ0) is 27.2. The number of nitrogens with one attached hydrogen (secondary N) is 2. The minimum absolute atomic E-state index is 0.166. The number of fused-ring (bicyclic) bond motifs is 4. The van der Waals surface area contributed by atoms with E-state index in [0.29, 0.717) is 52.2 Å². The summed E-state index contributed by atoms with van der Waals surface area (Å²) >= 11 is 0. The zero-order valence-corrected chi connectivity index (χ0v) is 22.4. The van der Waals surface area contributed by atoms with Gasteiger partial charge in [0, 0.05) is 48.3 Å². The quantitative estimate of drug-likeness (QED) is 0.288. The van der Waals surface area contributed by atoms with Crippen molar-refractivity contribution >= 4 is 28.1 Å². The summed E-state index contributed by atoms with van der Waals surface area (Å²) in [5.41, 5.74) is 3.11. The van der Waals surface area contributed by atoms with Gasteiger partial charge in [0.2, 0.25) is 0 Å². The van der Waals surface area contributed by atoms with E-state index in [1.165, 1.54) is 12.7 Å². The third kappa shape index (κ3) is 4.37. The third-order valence-electron chi connectivity index (χ3n) is 7.73. The van der Waals surface area contributed by atoms with Gasteiger partial charge in [0.05, 0.1) is 25.4 Å². The van der Waals surface area contributed by atoms with Crippen LogP contribution < -0.4 is 29.6 Å². The average molecular weight is 540 g/mol. The molecule has 1 aliphatic heterocycles. The fourth-order valence-corrected chi connectivity index (χ4v) is 5.67. The lowest BCUT2D eigenvalue weighted by Crippen LogP contribution is -2.35. The van der Waals surface area contributed by atoms with E-state index in [2.05, 4.69) is 30.7 Å². The third-order valence-corrected chi connectivity index (χ3v) is 7.73. The number of benzene rings is 2. The molecule has 2 N–H and O–H groups in total. The highest BCUT2D eigenvalue weighted by atomic mass is 16.5. The first kappa shape index (κ1) is 24.4. The first-order valence-electron chi connectivity index (χ1n) is 13.2. The van der Waals surface area contributed by atoms with Crippen molar-refractivity contribution in [3.8, 4) is 28.7 Å². The molecule has 0 spiro atoms. The van der Waals surface area contributed by atoms with Gasteiger partial charge in [-0.25, -0.2) is 19.5 Å². The van der Waals surface area contributed by atoms with E-state index < -0.39 is 0 Å². The molecule has 5 aromatic rings. The van der Waals surface area contributed by atoms with E-state index in [1.54, 1.807) is 18.7 Å². The number of anilines is 2. The maximum absolute atomic E-state index is 6.50. The van der Waals surface area contributed by atoms with Crippen LogP contribution in [0.3, 0.4) is 0 Å². The van der Waals surface area contributed by atoms with Crippen LogP contribution in [0.4, 0.5) is 11.5 Å². The van der Waals surface area contributed by atoms with Crippen LogP contribution in [0.15, 0.2) is 55.2 Å². The predicted molar refractivity (Wildman–Crippen MR) is 149 cm³/mol. The fraction of sp³-hybridized carbons (Fsp3) is 0.310. The lowest BCUT2D eigenvalue weighted by molar-refractivity contribution is 0.141. The number of ether oxygens (including phenoxy) is 4. The van der Waals surface area contributed by atoms with Crippen molar-refractivity contribution in [1.82, 2.24) is 29.9 Å². The summed E-state index contributed by atoms with van der Waals surface area (Å²) in [6, 6.07) is 11.9. The molecule has 0 amide bonds. The van der Waals surface area contributed by atoms with E-state index in [0.717, 1.165) is 41.5 Å². The largest absolute Gasteiger partial charge is 0.494 e. The summed E-state index contributed by atoms with van der Waals surface area (Å²) in [4.78, 5) is 13.3.